The van der Waals surface area contributed by atoms with Crippen LogP contribution in [0.5, 0.6) is 28.7 Å². The van der Waals surface area contributed by atoms with Crippen LogP contribution in [-0.2, 0) is 27.5 Å². The number of carbonyl (C=O) groups is 2. The number of aliphatic hydroxyl groups is 2. The maximum atomic E-state index is 14.7. The van der Waals surface area contributed by atoms with Crippen LogP contribution < -0.4 is 18.9 Å². The number of alkyl halides is 1. The van der Waals surface area contributed by atoms with Crippen molar-refractivity contribution in [3.05, 3.63) is 142 Å². The number of ether oxygens (including phenoxy) is 6. The minimum atomic E-state index is -1.61. The third-order valence-electron chi connectivity index (χ3n) is 13.1. The zero-order valence-corrected chi connectivity index (χ0v) is 38.9. The first kappa shape index (κ1) is 49.0. The normalized spacial score (nSPS) is 22.3. The van der Waals surface area contributed by atoms with E-state index in [1.165, 1.54) is 12.1 Å². The number of hydrogen-bond acceptors (Lipinski definition) is 14. The highest BCUT2D eigenvalue weighted by atomic mass is 35.5. The second-order valence-electron chi connectivity index (χ2n) is 17.4. The molecule has 1 amide bonds. The molecule has 0 unspecified atom stereocenters. The van der Waals surface area contributed by atoms with Crippen molar-refractivity contribution in [3.8, 4) is 28.7 Å². The number of benzene rings is 4. The number of halogens is 1. The Morgan fingerprint density at radius 2 is 1.70 bits per heavy atom. The molecule has 2 aliphatic carbocycles. The molecule has 69 heavy (non-hydrogen) atoms. The molecule has 0 radical (unpaired) electrons. The zero-order valence-electron chi connectivity index (χ0n) is 38.1. The molecule has 2 N–H and O–H groups in total. The molecule has 4 aromatic carbocycles. The molecule has 1 saturated carbocycles. The van der Waals surface area contributed by atoms with Crippen LogP contribution in [0.25, 0.3) is 0 Å². The Kier molecular flexibility index (Phi) is 16.2. The summed E-state index contributed by atoms with van der Waals surface area (Å²) in [6.45, 7) is 4.09. The summed E-state index contributed by atoms with van der Waals surface area (Å²) in [6.07, 6.45) is 8.05. The molecule has 16 nitrogen and oxygen atoms in total. The quantitative estimate of drug-likeness (QED) is 0.0178. The molecule has 0 saturated heterocycles. The zero-order chi connectivity index (χ0) is 48.3. The van der Waals surface area contributed by atoms with Gasteiger partial charge >= 0.3 is 6.09 Å². The van der Waals surface area contributed by atoms with Gasteiger partial charge in [-0.15, -0.1) is 18.2 Å². The van der Waals surface area contributed by atoms with E-state index in [1.807, 2.05) is 24.3 Å². The van der Waals surface area contributed by atoms with Gasteiger partial charge in [0.25, 0.3) is 5.69 Å². The molecular formula is C52H56ClN3O13. The summed E-state index contributed by atoms with van der Waals surface area (Å²) in [5.41, 5.74) is 3.91. The molecule has 4 aliphatic rings. The Morgan fingerprint density at radius 3 is 2.45 bits per heavy atom. The van der Waals surface area contributed by atoms with E-state index in [0.29, 0.717) is 76.8 Å². The van der Waals surface area contributed by atoms with Gasteiger partial charge in [-0.2, -0.15) is 0 Å². The molecule has 17 heteroatoms. The molecule has 0 spiro atoms. The highest BCUT2D eigenvalue weighted by Crippen LogP contribution is 2.62. The summed E-state index contributed by atoms with van der Waals surface area (Å²) in [7, 11) is 0. The third kappa shape index (κ3) is 10.9. The van der Waals surface area contributed by atoms with Crippen molar-refractivity contribution in [2.45, 2.75) is 75.8 Å². The van der Waals surface area contributed by atoms with Crippen LogP contribution in [0.3, 0.4) is 0 Å². The van der Waals surface area contributed by atoms with Gasteiger partial charge in [0.15, 0.2) is 11.5 Å². The maximum Gasteiger partial charge on any atom is 0.410 e. The van der Waals surface area contributed by atoms with Gasteiger partial charge in [-0.3, -0.25) is 19.8 Å². The van der Waals surface area contributed by atoms with Crippen LogP contribution >= 0.6 is 11.6 Å². The second kappa shape index (κ2) is 22.8. The van der Waals surface area contributed by atoms with Crippen molar-refractivity contribution in [2.24, 2.45) is 22.9 Å². The first-order valence-corrected chi connectivity index (χ1v) is 23.8. The van der Waals surface area contributed by atoms with Gasteiger partial charge in [-0.05, 0) is 109 Å². The molecule has 0 bridgehead atoms. The minimum Gasteiger partial charge on any atom is -0.459 e. The fraction of sp³-hybridized carbons (Fsp3) is 0.404. The van der Waals surface area contributed by atoms with Crippen molar-refractivity contribution in [1.82, 2.24) is 4.90 Å². The van der Waals surface area contributed by atoms with E-state index in [1.54, 1.807) is 59.5 Å². The lowest BCUT2D eigenvalue weighted by atomic mass is 9.55. The van der Waals surface area contributed by atoms with Crippen molar-refractivity contribution in [1.29, 1.82) is 0 Å². The van der Waals surface area contributed by atoms with E-state index in [9.17, 15) is 29.9 Å². The fourth-order valence-corrected chi connectivity index (χ4v) is 10.2. The number of aldehydes is 1. The van der Waals surface area contributed by atoms with E-state index in [2.05, 4.69) is 12.7 Å². The molecule has 6 atom stereocenters. The number of allylic oxidation sites excluding steroid dienone is 1. The van der Waals surface area contributed by atoms with Gasteiger partial charge in [-0.25, -0.2) is 4.79 Å². The molecular weight excluding hydrogens is 910 g/mol. The number of nitrogens with zero attached hydrogens (tertiary/aromatic N) is 3. The van der Waals surface area contributed by atoms with E-state index >= 15 is 0 Å². The van der Waals surface area contributed by atoms with Crippen LogP contribution in [0.2, 0.25) is 0 Å². The van der Waals surface area contributed by atoms with Crippen molar-refractivity contribution in [2.75, 3.05) is 39.1 Å². The maximum absolute atomic E-state index is 14.7. The number of aliphatic hydroxyl groups excluding tert-OH is 2. The number of nitro groups is 1. The fourth-order valence-electron chi connectivity index (χ4n) is 10.1. The first-order chi connectivity index (χ1) is 33.7. The summed E-state index contributed by atoms with van der Waals surface area (Å²) in [5.74, 6) is -0.162. The SMILES string of the molecule is C=CCO[C@@]12Oc3ccc(Oc4cccc(C=O)c4)cc3[C@H]3[C@H](CCCCO)[C@@H](CCCCO)C=C(C(=NOCc4ccc([N+](=O)[O-])cc4)C[C@@H]1N(Cc1ccc4c(c1)OCO4)C(=O)OCCCl)[C@H]32. The van der Waals surface area contributed by atoms with Crippen LogP contribution in [0.15, 0.2) is 114 Å². The van der Waals surface area contributed by atoms with Crippen molar-refractivity contribution in [3.63, 3.8) is 0 Å². The lowest BCUT2D eigenvalue weighted by Gasteiger charge is -2.59. The largest absolute Gasteiger partial charge is 0.459 e. The summed E-state index contributed by atoms with van der Waals surface area (Å²) in [4.78, 5) is 45.2. The monoisotopic (exact) mass is 965 g/mol. The first-order valence-electron chi connectivity index (χ1n) is 23.2. The molecule has 0 aromatic heterocycles. The van der Waals surface area contributed by atoms with Crippen LogP contribution in [-0.4, -0.2) is 89.1 Å². The average Bonchev–Trinajstić information content (AvgIpc) is 3.84. The molecule has 1 fully saturated rings. The van der Waals surface area contributed by atoms with Crippen molar-refractivity contribution >= 4 is 35.4 Å². The third-order valence-corrected chi connectivity index (χ3v) is 13.3. The number of unbranched alkanes of at least 4 members (excludes halogenated alkanes) is 2. The van der Waals surface area contributed by atoms with Crippen LogP contribution in [0.1, 0.15) is 77.9 Å². The summed E-state index contributed by atoms with van der Waals surface area (Å²) in [6, 6.07) is 23.0. The Morgan fingerprint density at radius 1 is 0.942 bits per heavy atom. The number of carbonyl (C=O) groups excluding carboxylic acids is 2. The topological polar surface area (TPSA) is 198 Å². The van der Waals surface area contributed by atoms with Crippen LogP contribution in [0.4, 0.5) is 10.5 Å². The van der Waals surface area contributed by atoms with E-state index in [0.717, 1.165) is 30.3 Å². The van der Waals surface area contributed by atoms with E-state index in [4.69, 9.17) is 50.0 Å². The number of non-ortho nitro benzene ring substituents is 1. The molecule has 8 rings (SSSR count). The van der Waals surface area contributed by atoms with Gasteiger partial charge in [0.2, 0.25) is 12.6 Å². The van der Waals surface area contributed by atoms with Crippen LogP contribution in [0, 0.1) is 27.9 Å². The highest BCUT2D eigenvalue weighted by molar-refractivity contribution is 6.18. The number of fused-ring (bicyclic) bond motifs is 3. The standard InChI is InChI=1S/C52H56ClN3O13/c1-2-23-66-52-48(55(51(60)63-24-20-53)30-35-14-18-46-47(26-35)65-33-64-46)29-44(54-67-32-34-12-15-38(16-13-34)56(61)62)42-27-37(9-3-5-21-57)41(11-4-6-22-58)49(50(42)52)43-28-40(17-19-45(43)69-52)68-39-10-7-8-36(25-39)31-59/h2,7-8,10,12-19,25-28,31,37,41,48-50,57-58H,1,3-6,9,11,20-24,29-30,32-33H2/t37-,41+,48-,49+,50+,52+/m0/s1. The molecule has 2 heterocycles. The number of hydrogen-bond donors (Lipinski definition) is 2. The number of rotatable bonds is 23. The average molecular weight is 966 g/mol. The van der Waals surface area contributed by atoms with Gasteiger partial charge in [0.1, 0.15) is 42.8 Å². The van der Waals surface area contributed by atoms with Gasteiger partial charge in [0.05, 0.1) is 29.0 Å². The number of nitro benzene ring substituents is 1. The van der Waals surface area contributed by atoms with Crippen molar-refractivity contribution < 1.29 is 58.0 Å². The predicted molar refractivity (Wildman–Crippen MR) is 255 cm³/mol. The smallest absolute Gasteiger partial charge is 0.410 e. The Bertz CT molecular complexity index is 2540. The summed E-state index contributed by atoms with van der Waals surface area (Å²) < 4.78 is 38.1. The lowest BCUT2D eigenvalue weighted by molar-refractivity contribution is -0.384. The van der Waals surface area contributed by atoms with E-state index < -0.39 is 28.8 Å². The minimum absolute atomic E-state index is 0.0145. The Balaban J connectivity index is 1.33. The Hall–Kier alpha value is -6.46. The van der Waals surface area contributed by atoms with Gasteiger partial charge < -0.3 is 43.5 Å². The number of amides is 1. The molecule has 2 aliphatic heterocycles. The number of oxime groups is 1. The summed E-state index contributed by atoms with van der Waals surface area (Å²) in [5, 5.41) is 36.3. The highest BCUT2D eigenvalue weighted by Gasteiger charge is 2.65. The second-order valence-corrected chi connectivity index (χ2v) is 17.8. The lowest BCUT2D eigenvalue weighted by Crippen LogP contribution is -2.70. The Labute approximate surface area is 405 Å². The molecule has 4 aromatic rings. The summed E-state index contributed by atoms with van der Waals surface area (Å²) >= 11 is 6.13. The molecule has 364 valence electrons. The van der Waals surface area contributed by atoms with E-state index in [-0.39, 0.29) is 82.1 Å². The predicted octanol–water partition coefficient (Wildman–Crippen LogP) is 9.64. The van der Waals surface area contributed by atoms with Gasteiger partial charge in [0, 0.05) is 55.4 Å². The van der Waals surface area contributed by atoms with Gasteiger partial charge in [-0.1, -0.05) is 48.3 Å².